The molecule has 30 heavy (non-hydrogen) atoms. The molecule has 0 bridgehead atoms. The number of halogens is 1. The van der Waals surface area contributed by atoms with Crippen LogP contribution >= 0.6 is 11.3 Å². The Morgan fingerprint density at radius 2 is 2.00 bits per heavy atom. The molecule has 2 aromatic heterocycles. The van der Waals surface area contributed by atoms with E-state index in [1.54, 1.807) is 37.3 Å². The maximum atomic E-state index is 13.1. The van der Waals surface area contributed by atoms with E-state index in [0.717, 1.165) is 52.9 Å². The van der Waals surface area contributed by atoms with Crippen LogP contribution in [0.2, 0.25) is 0 Å². The van der Waals surface area contributed by atoms with Crippen molar-refractivity contribution in [3.8, 4) is 10.4 Å². The summed E-state index contributed by atoms with van der Waals surface area (Å²) in [6.45, 7) is 1.61. The minimum absolute atomic E-state index is 0.0821. The average molecular weight is 426 g/mol. The molecule has 0 radical (unpaired) electrons. The first-order valence-electron chi connectivity index (χ1n) is 9.88. The van der Waals surface area contributed by atoms with Gasteiger partial charge in [-0.15, -0.1) is 0 Å². The number of pyridine rings is 1. The average Bonchev–Trinajstić information content (AvgIpc) is 3.39. The number of hydrogen-bond donors (Lipinski definition) is 1. The fraction of sp³-hybridized carbons (Fsp3) is 0.318. The molecule has 1 fully saturated rings. The molecule has 3 aromatic rings. The molecular weight excluding hydrogens is 401 g/mol. The number of hydrogen-bond acceptors (Lipinski definition) is 5. The number of benzene rings is 1. The van der Waals surface area contributed by atoms with Gasteiger partial charge in [-0.05, 0) is 48.1 Å². The largest absolute Gasteiger partial charge is 0.331 e. The third-order valence-electron chi connectivity index (χ3n) is 5.16. The molecule has 6 nitrogen and oxygen atoms in total. The summed E-state index contributed by atoms with van der Waals surface area (Å²) in [5.74, 6) is 0.946. The summed E-state index contributed by atoms with van der Waals surface area (Å²) in [5.41, 5.74) is 2.10. The number of carbonyl (C=O) groups excluding carboxylic acids is 1. The predicted octanol–water partition coefficient (Wildman–Crippen LogP) is 4.63. The van der Waals surface area contributed by atoms with Gasteiger partial charge in [-0.1, -0.05) is 29.5 Å². The van der Waals surface area contributed by atoms with E-state index in [-0.39, 0.29) is 11.8 Å². The van der Waals surface area contributed by atoms with Gasteiger partial charge >= 0.3 is 6.03 Å². The van der Waals surface area contributed by atoms with Crippen LogP contribution in [-0.4, -0.2) is 53.0 Å². The highest BCUT2D eigenvalue weighted by atomic mass is 32.1. The van der Waals surface area contributed by atoms with Crippen molar-refractivity contribution >= 4 is 28.3 Å². The lowest BCUT2D eigenvalue weighted by molar-refractivity contribution is 0.180. The molecule has 2 amide bonds. The maximum Gasteiger partial charge on any atom is 0.319 e. The zero-order valence-corrected chi connectivity index (χ0v) is 17.8. The van der Waals surface area contributed by atoms with E-state index in [1.807, 2.05) is 17.2 Å². The van der Waals surface area contributed by atoms with Crippen molar-refractivity contribution in [2.75, 3.05) is 32.5 Å². The van der Waals surface area contributed by atoms with E-state index in [2.05, 4.69) is 21.4 Å². The summed E-state index contributed by atoms with van der Waals surface area (Å²) >= 11 is 1.50. The van der Waals surface area contributed by atoms with Crippen molar-refractivity contribution in [1.29, 1.82) is 0 Å². The number of nitrogens with zero attached hydrogens (tertiary/aromatic N) is 4. The van der Waals surface area contributed by atoms with Crippen molar-refractivity contribution in [2.24, 2.45) is 5.92 Å². The lowest BCUT2D eigenvalue weighted by Gasteiger charge is -2.21. The Bertz CT molecular complexity index is 1000. The van der Waals surface area contributed by atoms with Crippen LogP contribution in [0.5, 0.6) is 0 Å². The summed E-state index contributed by atoms with van der Waals surface area (Å²) in [7, 11) is 3.58. The Balaban J connectivity index is 1.33. The normalized spacial score (nSPS) is 16.0. The van der Waals surface area contributed by atoms with Crippen molar-refractivity contribution in [1.82, 2.24) is 19.8 Å². The molecule has 156 valence electrons. The molecule has 1 aliphatic rings. The number of carbonyl (C=O) groups is 1. The number of nitrogens with one attached hydrogen (secondary N) is 1. The van der Waals surface area contributed by atoms with Crippen LogP contribution in [-0.2, 0) is 6.42 Å². The lowest BCUT2D eigenvalue weighted by Crippen LogP contribution is -2.37. The van der Waals surface area contributed by atoms with E-state index < -0.39 is 0 Å². The number of rotatable bonds is 5. The quantitative estimate of drug-likeness (QED) is 0.647. The van der Waals surface area contributed by atoms with Crippen molar-refractivity contribution in [2.45, 2.75) is 12.8 Å². The van der Waals surface area contributed by atoms with Gasteiger partial charge in [0.2, 0.25) is 0 Å². The second-order valence-electron chi connectivity index (χ2n) is 7.70. The van der Waals surface area contributed by atoms with E-state index in [9.17, 15) is 9.18 Å². The van der Waals surface area contributed by atoms with Gasteiger partial charge in [-0.3, -0.25) is 0 Å². The van der Waals surface area contributed by atoms with E-state index >= 15 is 0 Å². The number of thiazole rings is 1. The lowest BCUT2D eigenvalue weighted by atomic mass is 10.00. The smallest absolute Gasteiger partial charge is 0.319 e. The molecule has 8 heteroatoms. The Morgan fingerprint density at radius 1 is 1.20 bits per heavy atom. The topological polar surface area (TPSA) is 61.4 Å². The van der Waals surface area contributed by atoms with Crippen LogP contribution in [0.15, 0.2) is 48.8 Å². The molecule has 1 saturated heterocycles. The number of aromatic nitrogens is 2. The highest BCUT2D eigenvalue weighted by molar-refractivity contribution is 7.18. The molecule has 1 aromatic carbocycles. The van der Waals surface area contributed by atoms with Gasteiger partial charge in [0.05, 0.1) is 4.88 Å². The molecule has 0 unspecified atom stereocenters. The van der Waals surface area contributed by atoms with Gasteiger partial charge in [-0.25, -0.2) is 19.2 Å². The number of likely N-dealkylation sites (tertiary alicyclic amines) is 1. The molecule has 1 N–H and O–H groups in total. The summed E-state index contributed by atoms with van der Waals surface area (Å²) < 4.78 is 13.1. The van der Waals surface area contributed by atoms with E-state index in [1.165, 1.54) is 23.5 Å². The van der Waals surface area contributed by atoms with Gasteiger partial charge < -0.3 is 15.1 Å². The zero-order chi connectivity index (χ0) is 21.1. The summed E-state index contributed by atoms with van der Waals surface area (Å²) in [6, 6.07) is 10.5. The molecule has 4 rings (SSSR count). The van der Waals surface area contributed by atoms with Crippen LogP contribution in [0.4, 0.5) is 20.1 Å². The highest BCUT2D eigenvalue weighted by Gasteiger charge is 2.27. The Hall–Kier alpha value is -3.00. The van der Waals surface area contributed by atoms with Gasteiger partial charge in [0.1, 0.15) is 11.6 Å². The summed E-state index contributed by atoms with van der Waals surface area (Å²) in [6.07, 6.45) is 5.59. The van der Waals surface area contributed by atoms with Gasteiger partial charge in [0, 0.05) is 39.6 Å². The SMILES string of the molecule is CN(C)C(=O)N1CC[C@H](Cc2ccc(Nc3ncc(-c4ccc(F)cc4)s3)nc2)C1. The van der Waals surface area contributed by atoms with Crippen LogP contribution in [0, 0.1) is 11.7 Å². The van der Waals surface area contributed by atoms with Gasteiger partial charge in [0.15, 0.2) is 5.13 Å². The van der Waals surface area contributed by atoms with E-state index in [0.29, 0.717) is 5.92 Å². The number of urea groups is 1. The van der Waals surface area contributed by atoms with Crippen LogP contribution < -0.4 is 5.32 Å². The van der Waals surface area contributed by atoms with Gasteiger partial charge in [-0.2, -0.15) is 0 Å². The van der Waals surface area contributed by atoms with Crippen molar-refractivity contribution in [3.63, 3.8) is 0 Å². The molecule has 1 atom stereocenters. The Morgan fingerprint density at radius 3 is 2.70 bits per heavy atom. The monoisotopic (exact) mass is 425 g/mol. The third kappa shape index (κ3) is 4.76. The van der Waals surface area contributed by atoms with E-state index in [4.69, 9.17) is 0 Å². The zero-order valence-electron chi connectivity index (χ0n) is 17.0. The van der Waals surface area contributed by atoms with Crippen molar-refractivity contribution < 1.29 is 9.18 Å². The minimum Gasteiger partial charge on any atom is -0.331 e. The molecule has 0 saturated carbocycles. The van der Waals surface area contributed by atoms with Crippen LogP contribution in [0.3, 0.4) is 0 Å². The first kappa shape index (κ1) is 20.3. The second kappa shape index (κ2) is 8.79. The number of amides is 2. The van der Waals surface area contributed by atoms with Crippen LogP contribution in [0.1, 0.15) is 12.0 Å². The van der Waals surface area contributed by atoms with Gasteiger partial charge in [0.25, 0.3) is 0 Å². The highest BCUT2D eigenvalue weighted by Crippen LogP contribution is 2.30. The van der Waals surface area contributed by atoms with Crippen LogP contribution in [0.25, 0.3) is 10.4 Å². The first-order valence-corrected chi connectivity index (χ1v) is 10.7. The standard InChI is InChI=1S/C22H24FN5OS/c1-27(2)22(29)28-10-9-16(14-28)11-15-3-8-20(24-12-15)26-21-25-13-19(30-21)17-4-6-18(23)7-5-17/h3-8,12-13,16H,9-11,14H2,1-2H3,(H,24,25,26)/t16-/m1/s1. The fourth-order valence-corrected chi connectivity index (χ4v) is 4.43. The maximum absolute atomic E-state index is 13.1. The fourth-order valence-electron chi connectivity index (χ4n) is 3.60. The molecule has 0 aliphatic carbocycles. The Labute approximate surface area is 179 Å². The first-order chi connectivity index (χ1) is 14.5. The molecule has 1 aliphatic heterocycles. The number of anilines is 2. The summed E-state index contributed by atoms with van der Waals surface area (Å²) in [4.78, 5) is 25.5. The predicted molar refractivity (Wildman–Crippen MR) is 117 cm³/mol. The third-order valence-corrected chi connectivity index (χ3v) is 6.12. The molecule has 3 heterocycles. The molecule has 0 spiro atoms. The minimum atomic E-state index is -0.250. The Kier molecular flexibility index (Phi) is 5.94. The summed E-state index contributed by atoms with van der Waals surface area (Å²) in [5, 5.41) is 3.96. The molecular formula is C22H24FN5OS. The second-order valence-corrected chi connectivity index (χ2v) is 8.73. The van der Waals surface area contributed by atoms with Crippen molar-refractivity contribution in [3.05, 3.63) is 60.2 Å².